The van der Waals surface area contributed by atoms with Gasteiger partial charge in [0.05, 0.1) is 0 Å². The summed E-state index contributed by atoms with van der Waals surface area (Å²) in [5, 5.41) is 0. The van der Waals surface area contributed by atoms with Gasteiger partial charge in [-0.15, -0.1) is 0 Å². The maximum atomic E-state index is 12.7. The third kappa shape index (κ3) is 1.93. The molecule has 21 heavy (non-hydrogen) atoms. The minimum atomic E-state index is 0.153. The summed E-state index contributed by atoms with van der Waals surface area (Å²) < 4.78 is 0. The molecule has 4 rings (SSSR count). The third-order valence-corrected chi connectivity index (χ3v) is 5.97. The van der Waals surface area contributed by atoms with Crippen molar-refractivity contribution < 1.29 is 4.79 Å². The van der Waals surface area contributed by atoms with Crippen LogP contribution in [0.1, 0.15) is 67.9 Å². The van der Waals surface area contributed by atoms with Crippen LogP contribution in [-0.2, 0) is 11.8 Å². The van der Waals surface area contributed by atoms with E-state index in [4.69, 9.17) is 0 Å². The maximum Gasteiger partial charge on any atom is 0.163 e. The van der Waals surface area contributed by atoms with Crippen LogP contribution in [0.2, 0.25) is 0 Å². The number of hydrogen-bond acceptors (Lipinski definition) is 1. The summed E-state index contributed by atoms with van der Waals surface area (Å²) in [5.41, 5.74) is 5.68. The molecule has 3 aliphatic carbocycles. The van der Waals surface area contributed by atoms with Gasteiger partial charge in [0.25, 0.3) is 0 Å². The summed E-state index contributed by atoms with van der Waals surface area (Å²) in [4.78, 5) is 12.7. The van der Waals surface area contributed by atoms with Crippen molar-refractivity contribution >= 4 is 5.78 Å². The monoisotopic (exact) mass is 280 g/mol. The van der Waals surface area contributed by atoms with E-state index >= 15 is 0 Å². The summed E-state index contributed by atoms with van der Waals surface area (Å²) in [6.45, 7) is 6.74. The highest BCUT2D eigenvalue weighted by atomic mass is 16.1. The molecule has 0 heterocycles. The van der Waals surface area contributed by atoms with Crippen molar-refractivity contribution in [3.8, 4) is 0 Å². The van der Waals surface area contributed by atoms with Gasteiger partial charge in [0.15, 0.2) is 5.78 Å². The number of benzene rings is 1. The Hall–Kier alpha value is -1.37. The van der Waals surface area contributed by atoms with Crippen molar-refractivity contribution in [2.45, 2.75) is 58.3 Å². The molecule has 0 amide bonds. The molecule has 0 aliphatic heterocycles. The Morgan fingerprint density at radius 2 is 1.95 bits per heavy atom. The molecule has 1 aromatic rings. The lowest BCUT2D eigenvalue weighted by atomic mass is 9.63. The molecular weight excluding hydrogens is 256 g/mol. The largest absolute Gasteiger partial charge is 0.294 e. The number of carbonyl (C=O) groups excluding carboxylic acids is 1. The molecule has 2 unspecified atom stereocenters. The van der Waals surface area contributed by atoms with E-state index < -0.39 is 0 Å². The van der Waals surface area contributed by atoms with Crippen molar-refractivity contribution in [1.82, 2.24) is 0 Å². The number of ketones is 1. The van der Waals surface area contributed by atoms with Crippen molar-refractivity contribution in [2.75, 3.05) is 0 Å². The first-order valence-corrected chi connectivity index (χ1v) is 8.22. The second-order valence-corrected chi connectivity index (χ2v) is 8.44. The lowest BCUT2D eigenvalue weighted by Crippen LogP contribution is -2.36. The Morgan fingerprint density at radius 3 is 2.57 bits per heavy atom. The standard InChI is InChI=1S/C20H24O/c1-19(2,3)15-6-7-17-14(9-15)11-20(12-18(17)21)10-13-4-5-16(20)8-13/h4,6-7,9,16H,5,8,10-12H2,1-3H3. The minimum absolute atomic E-state index is 0.153. The van der Waals surface area contributed by atoms with Crippen molar-refractivity contribution in [2.24, 2.45) is 11.3 Å². The van der Waals surface area contributed by atoms with E-state index in [-0.39, 0.29) is 10.8 Å². The van der Waals surface area contributed by atoms with E-state index in [9.17, 15) is 4.79 Å². The molecule has 0 saturated heterocycles. The number of hydrogen-bond donors (Lipinski definition) is 0. The summed E-state index contributed by atoms with van der Waals surface area (Å²) >= 11 is 0. The van der Waals surface area contributed by atoms with Gasteiger partial charge in [-0.1, -0.05) is 50.6 Å². The van der Waals surface area contributed by atoms with Crippen LogP contribution in [0.15, 0.2) is 29.8 Å². The molecule has 3 aliphatic rings. The minimum Gasteiger partial charge on any atom is -0.294 e. The zero-order valence-corrected chi connectivity index (χ0v) is 13.3. The maximum absolute atomic E-state index is 12.7. The van der Waals surface area contributed by atoms with Crippen LogP contribution >= 0.6 is 0 Å². The number of rotatable bonds is 0. The van der Waals surface area contributed by atoms with Gasteiger partial charge in [-0.3, -0.25) is 4.79 Å². The predicted octanol–water partition coefficient (Wildman–Crippen LogP) is 4.84. The molecule has 1 saturated carbocycles. The Kier molecular flexibility index (Phi) is 2.59. The van der Waals surface area contributed by atoms with Crippen LogP contribution < -0.4 is 0 Å². The van der Waals surface area contributed by atoms with E-state index in [0.717, 1.165) is 24.3 Å². The zero-order chi connectivity index (χ0) is 14.8. The molecule has 2 atom stereocenters. The highest BCUT2D eigenvalue weighted by molar-refractivity contribution is 5.99. The molecule has 1 nitrogen and oxygen atoms in total. The molecule has 1 fully saturated rings. The average Bonchev–Trinajstić information content (AvgIpc) is 2.97. The average molecular weight is 280 g/mol. The lowest BCUT2D eigenvalue weighted by molar-refractivity contribution is 0.0823. The van der Waals surface area contributed by atoms with Gasteiger partial charge in [-0.2, -0.15) is 0 Å². The second-order valence-electron chi connectivity index (χ2n) is 8.44. The summed E-state index contributed by atoms with van der Waals surface area (Å²) in [5.74, 6) is 1.10. The molecule has 110 valence electrons. The Bertz CT molecular complexity index is 659. The number of Topliss-reactive ketones (excluding diaryl/α,β-unsaturated/α-hetero) is 1. The SMILES string of the molecule is CC(C)(C)c1ccc2c(c1)CC1(CC2=O)CC2=CCC1C2. The van der Waals surface area contributed by atoms with Crippen LogP contribution in [0.3, 0.4) is 0 Å². The number of allylic oxidation sites excluding steroid dienone is 2. The van der Waals surface area contributed by atoms with E-state index in [1.54, 1.807) is 5.57 Å². The van der Waals surface area contributed by atoms with Crippen LogP contribution in [0.25, 0.3) is 0 Å². The molecular formula is C20H24O. The third-order valence-electron chi connectivity index (χ3n) is 5.97. The summed E-state index contributed by atoms with van der Waals surface area (Å²) in [7, 11) is 0. The van der Waals surface area contributed by atoms with Gasteiger partial charge in [0, 0.05) is 12.0 Å². The molecule has 1 heteroatoms. The fourth-order valence-electron chi connectivity index (χ4n) is 4.75. The highest BCUT2D eigenvalue weighted by Crippen LogP contribution is 2.58. The first kappa shape index (κ1) is 13.3. The fourth-order valence-corrected chi connectivity index (χ4v) is 4.75. The first-order valence-electron chi connectivity index (χ1n) is 8.22. The van der Waals surface area contributed by atoms with E-state index in [2.05, 4.69) is 45.0 Å². The topological polar surface area (TPSA) is 17.1 Å². The summed E-state index contributed by atoms with van der Waals surface area (Å²) in [6.07, 6.45) is 7.93. The van der Waals surface area contributed by atoms with Crippen LogP contribution in [0.5, 0.6) is 0 Å². The van der Waals surface area contributed by atoms with E-state index in [0.29, 0.717) is 5.78 Å². The van der Waals surface area contributed by atoms with Gasteiger partial charge >= 0.3 is 0 Å². The predicted molar refractivity (Wildman–Crippen MR) is 85.7 cm³/mol. The van der Waals surface area contributed by atoms with Crippen LogP contribution in [0, 0.1) is 11.3 Å². The Balaban J connectivity index is 1.77. The molecule has 0 radical (unpaired) electrons. The van der Waals surface area contributed by atoms with Gasteiger partial charge in [-0.25, -0.2) is 0 Å². The fraction of sp³-hybridized carbons (Fsp3) is 0.550. The van der Waals surface area contributed by atoms with Gasteiger partial charge in [0.1, 0.15) is 0 Å². The lowest BCUT2D eigenvalue weighted by Gasteiger charge is -2.40. The molecule has 1 aromatic carbocycles. The highest BCUT2D eigenvalue weighted by Gasteiger charge is 2.50. The molecule has 2 bridgehead atoms. The van der Waals surface area contributed by atoms with Crippen LogP contribution in [0.4, 0.5) is 0 Å². The Labute approximate surface area is 127 Å². The number of carbonyl (C=O) groups is 1. The van der Waals surface area contributed by atoms with Gasteiger partial charge in [0.2, 0.25) is 0 Å². The smallest absolute Gasteiger partial charge is 0.163 e. The van der Waals surface area contributed by atoms with Crippen molar-refractivity contribution in [3.05, 3.63) is 46.5 Å². The van der Waals surface area contributed by atoms with Gasteiger partial charge < -0.3 is 0 Å². The zero-order valence-electron chi connectivity index (χ0n) is 13.3. The number of fused-ring (bicyclic) bond motifs is 4. The summed E-state index contributed by atoms with van der Waals surface area (Å²) in [6, 6.07) is 6.55. The van der Waals surface area contributed by atoms with Crippen molar-refractivity contribution in [3.63, 3.8) is 0 Å². The Morgan fingerprint density at radius 1 is 1.14 bits per heavy atom. The van der Waals surface area contributed by atoms with Gasteiger partial charge in [-0.05, 0) is 53.6 Å². The normalized spacial score (nSPS) is 30.7. The quantitative estimate of drug-likeness (QED) is 0.621. The molecule has 0 aromatic heterocycles. The first-order chi connectivity index (χ1) is 9.87. The molecule has 1 spiro atoms. The second kappa shape index (κ2) is 4.09. The van der Waals surface area contributed by atoms with Crippen molar-refractivity contribution in [1.29, 1.82) is 0 Å². The van der Waals surface area contributed by atoms with E-state index in [1.807, 2.05) is 0 Å². The van der Waals surface area contributed by atoms with Crippen LogP contribution in [-0.4, -0.2) is 5.78 Å². The van der Waals surface area contributed by atoms with E-state index in [1.165, 1.54) is 30.4 Å². The molecule has 0 N–H and O–H groups in total.